The number of hydrogen-bond donors (Lipinski definition) is 2. The summed E-state index contributed by atoms with van der Waals surface area (Å²) < 4.78 is 13.1. The van der Waals surface area contributed by atoms with E-state index in [1.807, 2.05) is 6.92 Å². The molecule has 3 rings (SSSR count). The first-order valence-electron chi connectivity index (χ1n) is 10.6. The number of unbranched alkanes of at least 4 members (excludes halogenated alkanes) is 1. The number of nitro benzene ring substituents is 1. The maximum absolute atomic E-state index is 12.6. The molecule has 0 saturated carbocycles. The molecular weight excluding hydrogens is 448 g/mol. The number of aromatic amines is 1. The summed E-state index contributed by atoms with van der Waals surface area (Å²) in [6.07, 6.45) is 1.56. The maximum Gasteiger partial charge on any atom is 0.338 e. The molecule has 34 heavy (non-hydrogen) atoms. The third-order valence-electron chi connectivity index (χ3n) is 5.23. The van der Waals surface area contributed by atoms with Gasteiger partial charge in [0.05, 0.1) is 17.1 Å². The molecule has 0 unspecified atom stereocenters. The Kier molecular flexibility index (Phi) is 7.79. The van der Waals surface area contributed by atoms with E-state index in [4.69, 9.17) is 9.47 Å². The molecule has 2 heterocycles. The van der Waals surface area contributed by atoms with Gasteiger partial charge in [0.15, 0.2) is 11.2 Å². The first-order chi connectivity index (χ1) is 16.3. The number of rotatable bonds is 11. The summed E-state index contributed by atoms with van der Waals surface area (Å²) in [6.45, 7) is 2.77. The van der Waals surface area contributed by atoms with Gasteiger partial charge in [-0.05, 0) is 18.6 Å². The predicted molar refractivity (Wildman–Crippen MR) is 123 cm³/mol. The second-order valence-electron chi connectivity index (χ2n) is 7.51. The van der Waals surface area contributed by atoms with Crippen molar-refractivity contribution in [2.45, 2.75) is 32.9 Å². The molecule has 0 fully saturated rings. The zero-order valence-corrected chi connectivity index (χ0v) is 19.1. The number of nitrogens with one attached hydrogen (secondary N) is 2. The number of aryl methyl sites for hydroxylation is 2. The molecule has 182 valence electrons. The smallest absolute Gasteiger partial charge is 0.338 e. The molecule has 1 aromatic carbocycles. The van der Waals surface area contributed by atoms with Crippen molar-refractivity contribution in [2.24, 2.45) is 7.05 Å². The minimum atomic E-state index is -0.795. The van der Waals surface area contributed by atoms with Gasteiger partial charge >= 0.3 is 11.7 Å². The fourth-order valence-corrected chi connectivity index (χ4v) is 3.40. The highest BCUT2D eigenvalue weighted by Gasteiger charge is 2.20. The Morgan fingerprint density at radius 1 is 1.32 bits per heavy atom. The largest absolute Gasteiger partial charge is 0.454 e. The molecule has 0 amide bonds. The highest BCUT2D eigenvalue weighted by Crippen LogP contribution is 2.26. The van der Waals surface area contributed by atoms with Crippen LogP contribution in [0.3, 0.4) is 0 Å². The van der Waals surface area contributed by atoms with Gasteiger partial charge in [-0.3, -0.25) is 24.5 Å². The summed E-state index contributed by atoms with van der Waals surface area (Å²) in [5.41, 5.74) is -0.799. The minimum absolute atomic E-state index is 0.0135. The zero-order valence-electron chi connectivity index (χ0n) is 19.1. The van der Waals surface area contributed by atoms with Crippen LogP contribution in [0.25, 0.3) is 11.2 Å². The number of H-pyrrole nitrogens is 1. The Morgan fingerprint density at radius 3 is 2.76 bits per heavy atom. The Labute approximate surface area is 193 Å². The molecule has 0 radical (unpaired) electrons. The van der Waals surface area contributed by atoms with E-state index >= 15 is 0 Å². The van der Waals surface area contributed by atoms with Crippen LogP contribution in [0, 0.1) is 10.1 Å². The van der Waals surface area contributed by atoms with Crippen LogP contribution in [-0.2, 0) is 29.7 Å². The molecule has 2 N–H and O–H groups in total. The average Bonchev–Trinajstić information content (AvgIpc) is 3.14. The van der Waals surface area contributed by atoms with E-state index in [1.165, 1.54) is 28.4 Å². The Bertz CT molecular complexity index is 1320. The molecular formula is C21H26N6O7. The van der Waals surface area contributed by atoms with E-state index in [0.717, 1.165) is 18.9 Å². The van der Waals surface area contributed by atoms with Crippen LogP contribution >= 0.6 is 0 Å². The van der Waals surface area contributed by atoms with Crippen LogP contribution < -0.4 is 16.6 Å². The van der Waals surface area contributed by atoms with Gasteiger partial charge in [0.25, 0.3) is 11.2 Å². The lowest BCUT2D eigenvalue weighted by molar-refractivity contribution is -0.384. The summed E-state index contributed by atoms with van der Waals surface area (Å²) in [5, 5.41) is 14.3. The molecule has 2 aromatic heterocycles. The number of nitrogens with zero attached hydrogens (tertiary/aromatic N) is 4. The summed E-state index contributed by atoms with van der Waals surface area (Å²) in [5.74, 6) is -0.548. The first kappa shape index (κ1) is 24.6. The number of ether oxygens (including phenoxy) is 2. The van der Waals surface area contributed by atoms with Crippen molar-refractivity contribution in [3.8, 4) is 0 Å². The van der Waals surface area contributed by atoms with Crippen LogP contribution in [0.4, 0.5) is 11.4 Å². The van der Waals surface area contributed by atoms with Crippen molar-refractivity contribution in [2.75, 3.05) is 25.6 Å². The van der Waals surface area contributed by atoms with Gasteiger partial charge in [0.1, 0.15) is 18.1 Å². The number of imidazole rings is 1. The van der Waals surface area contributed by atoms with E-state index in [0.29, 0.717) is 19.7 Å². The lowest BCUT2D eigenvalue weighted by Crippen LogP contribution is -2.31. The number of esters is 1. The summed E-state index contributed by atoms with van der Waals surface area (Å²) in [7, 11) is 3.09. The van der Waals surface area contributed by atoms with Gasteiger partial charge in [-0.15, -0.1) is 0 Å². The van der Waals surface area contributed by atoms with Crippen molar-refractivity contribution >= 4 is 28.5 Å². The summed E-state index contributed by atoms with van der Waals surface area (Å²) >= 11 is 0. The number of aromatic nitrogens is 4. The lowest BCUT2D eigenvalue weighted by atomic mass is 10.1. The van der Waals surface area contributed by atoms with Gasteiger partial charge in [-0.2, -0.15) is 0 Å². The van der Waals surface area contributed by atoms with Gasteiger partial charge < -0.3 is 19.4 Å². The van der Waals surface area contributed by atoms with Crippen molar-refractivity contribution in [3.05, 3.63) is 60.5 Å². The van der Waals surface area contributed by atoms with Crippen molar-refractivity contribution in [1.29, 1.82) is 0 Å². The molecule has 3 aromatic rings. The number of hydrogen-bond acceptors (Lipinski definition) is 9. The number of carbonyl (C=O) groups excluding carboxylic acids is 1. The SMILES string of the molecule is CCCCn1c(=O)[nH]c(=O)c2c1nc(COC(=O)c1ccc(NCCOC)c([N+](=O)[O-])c1)n2C. The predicted octanol–water partition coefficient (Wildman–Crippen LogP) is 1.55. The van der Waals surface area contributed by atoms with Crippen molar-refractivity contribution in [3.63, 3.8) is 0 Å². The number of methoxy groups -OCH3 is 1. The van der Waals surface area contributed by atoms with Crippen molar-refractivity contribution in [1.82, 2.24) is 19.1 Å². The molecule has 0 spiro atoms. The average molecular weight is 474 g/mol. The molecule has 0 aliphatic heterocycles. The first-order valence-corrected chi connectivity index (χ1v) is 10.6. The van der Waals surface area contributed by atoms with E-state index in [1.54, 1.807) is 7.05 Å². The lowest BCUT2D eigenvalue weighted by Gasteiger charge is -2.09. The quantitative estimate of drug-likeness (QED) is 0.182. The van der Waals surface area contributed by atoms with Gasteiger partial charge in [-0.25, -0.2) is 14.6 Å². The highest BCUT2D eigenvalue weighted by molar-refractivity contribution is 5.91. The topological polar surface area (TPSA) is 163 Å². The normalized spacial score (nSPS) is 11.0. The van der Waals surface area contributed by atoms with Crippen LogP contribution in [0.1, 0.15) is 35.9 Å². The number of nitro groups is 1. The highest BCUT2D eigenvalue weighted by atomic mass is 16.6. The van der Waals surface area contributed by atoms with E-state index in [9.17, 15) is 24.5 Å². The molecule has 0 bridgehead atoms. The monoisotopic (exact) mass is 474 g/mol. The zero-order chi connectivity index (χ0) is 24.8. The number of carbonyl (C=O) groups is 1. The number of benzene rings is 1. The second-order valence-corrected chi connectivity index (χ2v) is 7.51. The Hall–Kier alpha value is -4.00. The minimum Gasteiger partial charge on any atom is -0.454 e. The Morgan fingerprint density at radius 2 is 2.09 bits per heavy atom. The van der Waals surface area contributed by atoms with Gasteiger partial charge in [0, 0.05) is 33.3 Å². The van der Waals surface area contributed by atoms with Gasteiger partial charge in [0.2, 0.25) is 0 Å². The number of fused-ring (bicyclic) bond motifs is 1. The van der Waals surface area contributed by atoms with Crippen LogP contribution in [0.5, 0.6) is 0 Å². The standard InChI is InChI=1S/C21H26N6O7/c1-4-5-9-26-18-17(19(28)24-21(26)30)25(2)16(23-18)12-34-20(29)13-6-7-14(22-8-10-33-3)15(11-13)27(31)32/h6-7,11,22H,4-5,8-10,12H2,1-3H3,(H,24,28,30). The number of anilines is 1. The van der Waals surface area contributed by atoms with E-state index < -0.39 is 22.1 Å². The van der Waals surface area contributed by atoms with Crippen LogP contribution in [0.2, 0.25) is 0 Å². The second kappa shape index (κ2) is 10.7. The van der Waals surface area contributed by atoms with E-state index in [-0.39, 0.29) is 40.5 Å². The molecule has 0 saturated heterocycles. The third kappa shape index (κ3) is 5.14. The summed E-state index contributed by atoms with van der Waals surface area (Å²) in [6, 6.07) is 3.96. The fraction of sp³-hybridized carbons (Fsp3) is 0.429. The third-order valence-corrected chi connectivity index (χ3v) is 5.23. The molecule has 13 heteroatoms. The van der Waals surface area contributed by atoms with Crippen molar-refractivity contribution < 1.29 is 19.2 Å². The van der Waals surface area contributed by atoms with E-state index in [2.05, 4.69) is 15.3 Å². The molecule has 0 aliphatic rings. The Balaban J connectivity index is 1.84. The maximum atomic E-state index is 12.6. The summed E-state index contributed by atoms with van der Waals surface area (Å²) in [4.78, 5) is 54.6. The van der Waals surface area contributed by atoms with Crippen LogP contribution in [-0.4, -0.2) is 50.3 Å². The molecule has 13 nitrogen and oxygen atoms in total. The van der Waals surface area contributed by atoms with Crippen LogP contribution in [0.15, 0.2) is 27.8 Å². The molecule has 0 atom stereocenters. The van der Waals surface area contributed by atoms with Gasteiger partial charge in [-0.1, -0.05) is 13.3 Å². The fourth-order valence-electron chi connectivity index (χ4n) is 3.40. The molecule has 0 aliphatic carbocycles.